The zero-order valence-corrected chi connectivity index (χ0v) is 11.5. The molecule has 0 bridgehead atoms. The summed E-state index contributed by atoms with van der Waals surface area (Å²) in [4.78, 5) is 12.2. The summed E-state index contributed by atoms with van der Waals surface area (Å²) in [6.07, 6.45) is 3.32. The van der Waals surface area contributed by atoms with Crippen LogP contribution in [-0.4, -0.2) is 11.4 Å². The third-order valence-corrected chi connectivity index (χ3v) is 3.97. The van der Waals surface area contributed by atoms with Gasteiger partial charge in [-0.05, 0) is 55.9 Å². The minimum atomic E-state index is -0.739. The largest absolute Gasteiger partial charge is 0.334 e. The molecular weight excluding hydrogens is 250 g/mol. The van der Waals surface area contributed by atoms with Crippen LogP contribution in [0.15, 0.2) is 24.3 Å². The van der Waals surface area contributed by atoms with Crippen LogP contribution in [-0.2, 0) is 0 Å². The number of hydrogen-bond acceptors (Lipinski definition) is 3. The molecule has 0 aromatic heterocycles. The Labute approximate surface area is 119 Å². The van der Waals surface area contributed by atoms with E-state index in [9.17, 15) is 10.1 Å². The first-order valence-corrected chi connectivity index (χ1v) is 6.82. The van der Waals surface area contributed by atoms with Crippen LogP contribution in [0.25, 0.3) is 0 Å². The number of nitrogens with one attached hydrogen (secondary N) is 1. The standard InChI is InChI=1S/C16H17N3O/c1-12-6-8-16(11-18,9-7-12)19-15(20)14-4-2-13(10-17)3-5-14/h2-5,12H,6-9H2,1H3,(H,19,20). The molecule has 1 aliphatic rings. The predicted octanol–water partition coefficient (Wildman–Crippen LogP) is 2.76. The molecule has 0 aliphatic heterocycles. The van der Waals surface area contributed by atoms with E-state index in [-0.39, 0.29) is 5.91 Å². The third-order valence-electron chi connectivity index (χ3n) is 3.97. The van der Waals surface area contributed by atoms with Gasteiger partial charge in [0.15, 0.2) is 0 Å². The summed E-state index contributed by atoms with van der Waals surface area (Å²) in [5.74, 6) is 0.369. The number of benzene rings is 1. The fourth-order valence-corrected chi connectivity index (χ4v) is 2.51. The van der Waals surface area contributed by atoms with Crippen molar-refractivity contribution < 1.29 is 4.79 Å². The Kier molecular flexibility index (Phi) is 4.05. The third kappa shape index (κ3) is 2.97. The van der Waals surface area contributed by atoms with Gasteiger partial charge in [-0.15, -0.1) is 0 Å². The van der Waals surface area contributed by atoms with Crippen molar-refractivity contribution in [3.8, 4) is 12.1 Å². The average molecular weight is 267 g/mol. The molecule has 1 aromatic rings. The minimum Gasteiger partial charge on any atom is -0.334 e. The van der Waals surface area contributed by atoms with Crippen LogP contribution in [0, 0.1) is 28.6 Å². The molecule has 4 heteroatoms. The van der Waals surface area contributed by atoms with Crippen molar-refractivity contribution in [1.29, 1.82) is 10.5 Å². The number of nitrogens with zero attached hydrogens (tertiary/aromatic N) is 2. The molecule has 0 spiro atoms. The molecule has 0 saturated heterocycles. The Morgan fingerprint density at radius 3 is 2.35 bits per heavy atom. The van der Waals surface area contributed by atoms with Crippen molar-refractivity contribution in [3.05, 3.63) is 35.4 Å². The number of hydrogen-bond donors (Lipinski definition) is 1. The summed E-state index contributed by atoms with van der Waals surface area (Å²) in [7, 11) is 0. The molecule has 1 fully saturated rings. The van der Waals surface area contributed by atoms with E-state index in [1.165, 1.54) is 0 Å². The van der Waals surface area contributed by atoms with Gasteiger partial charge in [-0.2, -0.15) is 10.5 Å². The topological polar surface area (TPSA) is 76.7 Å². The maximum absolute atomic E-state index is 12.2. The Bertz CT molecular complexity index is 569. The fourth-order valence-electron chi connectivity index (χ4n) is 2.51. The molecule has 1 N–H and O–H groups in total. The zero-order chi connectivity index (χ0) is 14.6. The highest BCUT2D eigenvalue weighted by Gasteiger charge is 2.35. The van der Waals surface area contributed by atoms with E-state index in [1.54, 1.807) is 24.3 Å². The van der Waals surface area contributed by atoms with Crippen molar-refractivity contribution in [3.63, 3.8) is 0 Å². The molecular formula is C16H17N3O. The lowest BCUT2D eigenvalue weighted by Crippen LogP contribution is -2.49. The van der Waals surface area contributed by atoms with E-state index in [0.717, 1.165) is 12.8 Å². The Hall–Kier alpha value is -2.33. The van der Waals surface area contributed by atoms with E-state index < -0.39 is 5.54 Å². The van der Waals surface area contributed by atoms with Crippen LogP contribution in [0.2, 0.25) is 0 Å². The Balaban J connectivity index is 2.09. The van der Waals surface area contributed by atoms with E-state index in [4.69, 9.17) is 5.26 Å². The summed E-state index contributed by atoms with van der Waals surface area (Å²) < 4.78 is 0. The van der Waals surface area contributed by atoms with E-state index in [2.05, 4.69) is 18.3 Å². The molecule has 1 amide bonds. The summed E-state index contributed by atoms with van der Waals surface area (Å²) in [5.41, 5.74) is 0.262. The average Bonchev–Trinajstić information content (AvgIpc) is 2.50. The van der Waals surface area contributed by atoms with Gasteiger partial charge in [-0.1, -0.05) is 6.92 Å². The number of rotatable bonds is 2. The molecule has 0 atom stereocenters. The van der Waals surface area contributed by atoms with E-state index in [1.807, 2.05) is 6.07 Å². The fraction of sp³-hybridized carbons (Fsp3) is 0.438. The quantitative estimate of drug-likeness (QED) is 0.895. The molecule has 1 aromatic carbocycles. The van der Waals surface area contributed by atoms with Crippen molar-refractivity contribution >= 4 is 5.91 Å². The molecule has 4 nitrogen and oxygen atoms in total. The predicted molar refractivity (Wildman–Crippen MR) is 74.6 cm³/mol. The number of carbonyl (C=O) groups excluding carboxylic acids is 1. The first kappa shape index (κ1) is 14.1. The molecule has 20 heavy (non-hydrogen) atoms. The van der Waals surface area contributed by atoms with Gasteiger partial charge in [0.2, 0.25) is 0 Å². The lowest BCUT2D eigenvalue weighted by molar-refractivity contribution is 0.0894. The smallest absolute Gasteiger partial charge is 0.252 e. The monoisotopic (exact) mass is 267 g/mol. The molecule has 1 saturated carbocycles. The highest BCUT2D eigenvalue weighted by atomic mass is 16.1. The molecule has 0 radical (unpaired) electrons. The van der Waals surface area contributed by atoms with Gasteiger partial charge >= 0.3 is 0 Å². The maximum atomic E-state index is 12.2. The van der Waals surface area contributed by atoms with Crippen LogP contribution in [0.1, 0.15) is 48.5 Å². The van der Waals surface area contributed by atoms with E-state index in [0.29, 0.717) is 29.9 Å². The highest BCUT2D eigenvalue weighted by Crippen LogP contribution is 2.31. The summed E-state index contributed by atoms with van der Waals surface area (Å²) in [5, 5.41) is 21.0. The van der Waals surface area contributed by atoms with Gasteiger partial charge in [-0.25, -0.2) is 0 Å². The molecule has 1 aliphatic carbocycles. The van der Waals surface area contributed by atoms with E-state index >= 15 is 0 Å². The van der Waals surface area contributed by atoms with Crippen molar-refractivity contribution in [2.24, 2.45) is 5.92 Å². The second-order valence-electron chi connectivity index (χ2n) is 5.52. The van der Waals surface area contributed by atoms with Crippen molar-refractivity contribution in [1.82, 2.24) is 5.32 Å². The summed E-state index contributed by atoms with van der Waals surface area (Å²) in [6, 6.07) is 10.7. The first-order chi connectivity index (χ1) is 9.58. The maximum Gasteiger partial charge on any atom is 0.252 e. The Morgan fingerprint density at radius 2 is 1.85 bits per heavy atom. The van der Waals surface area contributed by atoms with Crippen LogP contribution in [0.3, 0.4) is 0 Å². The first-order valence-electron chi connectivity index (χ1n) is 6.82. The summed E-state index contributed by atoms with van der Waals surface area (Å²) in [6.45, 7) is 2.17. The molecule has 0 unspecified atom stereocenters. The molecule has 102 valence electrons. The van der Waals surface area contributed by atoms with Gasteiger partial charge in [0.25, 0.3) is 5.91 Å². The number of nitriles is 2. The second-order valence-corrected chi connectivity index (χ2v) is 5.52. The number of amides is 1. The normalized spacial score (nSPS) is 25.2. The summed E-state index contributed by atoms with van der Waals surface area (Å²) >= 11 is 0. The Morgan fingerprint density at radius 1 is 1.25 bits per heavy atom. The lowest BCUT2D eigenvalue weighted by atomic mass is 9.78. The van der Waals surface area contributed by atoms with Gasteiger partial charge < -0.3 is 5.32 Å². The van der Waals surface area contributed by atoms with Crippen molar-refractivity contribution in [2.75, 3.05) is 0 Å². The van der Waals surface area contributed by atoms with Gasteiger partial charge in [-0.3, -0.25) is 4.79 Å². The molecule has 2 rings (SSSR count). The lowest BCUT2D eigenvalue weighted by Gasteiger charge is -2.34. The van der Waals surface area contributed by atoms with Crippen molar-refractivity contribution in [2.45, 2.75) is 38.1 Å². The minimum absolute atomic E-state index is 0.245. The second kappa shape index (κ2) is 5.75. The van der Waals surface area contributed by atoms with Crippen LogP contribution in [0.4, 0.5) is 0 Å². The van der Waals surface area contributed by atoms with Gasteiger partial charge in [0, 0.05) is 5.56 Å². The van der Waals surface area contributed by atoms with Gasteiger partial charge in [0.1, 0.15) is 5.54 Å². The van der Waals surface area contributed by atoms with Crippen LogP contribution >= 0.6 is 0 Å². The zero-order valence-electron chi connectivity index (χ0n) is 11.5. The van der Waals surface area contributed by atoms with Crippen LogP contribution in [0.5, 0.6) is 0 Å². The number of carbonyl (C=O) groups is 1. The molecule has 0 heterocycles. The SMILES string of the molecule is CC1CCC(C#N)(NC(=O)c2ccc(C#N)cc2)CC1. The van der Waals surface area contributed by atoms with Gasteiger partial charge in [0.05, 0.1) is 17.7 Å². The van der Waals surface area contributed by atoms with Crippen LogP contribution < -0.4 is 5.32 Å². The highest BCUT2D eigenvalue weighted by molar-refractivity contribution is 5.95.